The van der Waals surface area contributed by atoms with Gasteiger partial charge in [0.1, 0.15) is 11.9 Å². The smallest absolute Gasteiger partial charge is 0.184 e. The van der Waals surface area contributed by atoms with Crippen molar-refractivity contribution in [3.8, 4) is 5.75 Å². The molecule has 0 saturated carbocycles. The van der Waals surface area contributed by atoms with Crippen LogP contribution in [0.15, 0.2) is 54.6 Å². The molecule has 1 heterocycles. The van der Waals surface area contributed by atoms with Crippen LogP contribution in [0.2, 0.25) is 0 Å². The molecule has 0 aromatic heterocycles. The van der Waals surface area contributed by atoms with Crippen molar-refractivity contribution in [2.24, 2.45) is 0 Å². The molecule has 0 aliphatic carbocycles. The molecule has 1 fully saturated rings. The molecule has 3 rings (SSSR count). The minimum absolute atomic E-state index is 0.0649. The molecule has 0 N–H and O–H groups in total. The van der Waals surface area contributed by atoms with Crippen molar-refractivity contribution in [3.63, 3.8) is 0 Å². The molecule has 1 aliphatic heterocycles. The zero-order valence-corrected chi connectivity index (χ0v) is 12.6. The number of para-hydroxylation sites is 1. The van der Waals surface area contributed by atoms with Crippen LogP contribution in [0.1, 0.15) is 17.4 Å². The van der Waals surface area contributed by atoms with Crippen LogP contribution in [-0.4, -0.2) is 26.4 Å². The Balaban J connectivity index is 1.50. The Hall–Kier alpha value is -1.88. The summed E-state index contributed by atoms with van der Waals surface area (Å²) in [6.07, 6.45) is -0.364. The van der Waals surface area contributed by atoms with Crippen molar-refractivity contribution in [1.29, 1.82) is 0 Å². The molecule has 2 aromatic rings. The molecule has 0 radical (unpaired) electrons. The van der Waals surface area contributed by atoms with Crippen LogP contribution in [-0.2, 0) is 20.8 Å². The lowest BCUT2D eigenvalue weighted by atomic mass is 10.2. The van der Waals surface area contributed by atoms with Gasteiger partial charge in [-0.3, -0.25) is 0 Å². The lowest BCUT2D eigenvalue weighted by Crippen LogP contribution is -2.33. The van der Waals surface area contributed by atoms with E-state index in [-0.39, 0.29) is 12.4 Å². The fourth-order valence-electron chi connectivity index (χ4n) is 2.41. The molecule has 1 saturated heterocycles. The lowest BCUT2D eigenvalue weighted by molar-refractivity contribution is -0.232. The zero-order valence-electron chi connectivity index (χ0n) is 12.6. The van der Waals surface area contributed by atoms with E-state index in [0.717, 1.165) is 16.9 Å². The van der Waals surface area contributed by atoms with E-state index in [2.05, 4.69) is 0 Å². The van der Waals surface area contributed by atoms with Crippen molar-refractivity contribution >= 4 is 0 Å². The molecule has 0 spiro atoms. The molecule has 0 amide bonds. The SMILES string of the molecule is COc1ccccc1CO[C@H]1CO[C@@H](c2ccccc2)OC1. The van der Waals surface area contributed by atoms with Gasteiger partial charge >= 0.3 is 0 Å². The van der Waals surface area contributed by atoms with Crippen LogP contribution in [0, 0.1) is 0 Å². The van der Waals surface area contributed by atoms with E-state index in [0.29, 0.717) is 19.8 Å². The number of ether oxygens (including phenoxy) is 4. The normalized spacial score (nSPS) is 21.5. The average Bonchev–Trinajstić information content (AvgIpc) is 2.61. The van der Waals surface area contributed by atoms with Gasteiger partial charge in [0.05, 0.1) is 26.9 Å². The molecule has 1 aliphatic rings. The molecule has 0 bridgehead atoms. The quantitative estimate of drug-likeness (QED) is 0.849. The van der Waals surface area contributed by atoms with Gasteiger partial charge in [-0.25, -0.2) is 0 Å². The summed E-state index contributed by atoms with van der Waals surface area (Å²) < 4.78 is 22.7. The summed E-state index contributed by atoms with van der Waals surface area (Å²) in [6.45, 7) is 1.53. The van der Waals surface area contributed by atoms with Crippen LogP contribution in [0.3, 0.4) is 0 Å². The standard InChI is InChI=1S/C18H20O4/c1-19-17-10-6-5-9-15(17)11-20-16-12-21-18(22-13-16)14-7-3-2-4-8-14/h2-10,16,18H,11-13H2,1H3/t16-,18+. The number of benzene rings is 2. The highest BCUT2D eigenvalue weighted by Gasteiger charge is 2.24. The Kier molecular flexibility index (Phi) is 5.06. The summed E-state index contributed by atoms with van der Waals surface area (Å²) in [4.78, 5) is 0. The molecule has 0 atom stereocenters. The van der Waals surface area contributed by atoms with Gasteiger partial charge < -0.3 is 18.9 Å². The van der Waals surface area contributed by atoms with Crippen molar-refractivity contribution in [1.82, 2.24) is 0 Å². The number of hydrogen-bond donors (Lipinski definition) is 0. The highest BCUT2D eigenvalue weighted by molar-refractivity contribution is 5.32. The molecular weight excluding hydrogens is 280 g/mol. The zero-order chi connectivity index (χ0) is 15.2. The highest BCUT2D eigenvalue weighted by Crippen LogP contribution is 2.25. The third-order valence-electron chi connectivity index (χ3n) is 3.61. The van der Waals surface area contributed by atoms with Crippen molar-refractivity contribution in [2.45, 2.75) is 19.0 Å². The van der Waals surface area contributed by atoms with Crippen LogP contribution in [0.25, 0.3) is 0 Å². The topological polar surface area (TPSA) is 36.9 Å². The van der Waals surface area contributed by atoms with Crippen molar-refractivity contribution < 1.29 is 18.9 Å². The van der Waals surface area contributed by atoms with E-state index < -0.39 is 0 Å². The van der Waals surface area contributed by atoms with Gasteiger partial charge in [0.2, 0.25) is 0 Å². The third-order valence-corrected chi connectivity index (χ3v) is 3.61. The maximum atomic E-state index is 5.87. The number of rotatable bonds is 5. The Morgan fingerprint density at radius 3 is 2.36 bits per heavy atom. The van der Waals surface area contributed by atoms with E-state index >= 15 is 0 Å². The van der Waals surface area contributed by atoms with Gasteiger partial charge in [-0.15, -0.1) is 0 Å². The summed E-state index contributed by atoms with van der Waals surface area (Å²) in [7, 11) is 1.66. The average molecular weight is 300 g/mol. The van der Waals surface area contributed by atoms with Crippen LogP contribution < -0.4 is 4.74 Å². The van der Waals surface area contributed by atoms with Gasteiger partial charge in [-0.2, -0.15) is 0 Å². The van der Waals surface area contributed by atoms with E-state index in [9.17, 15) is 0 Å². The largest absolute Gasteiger partial charge is 0.496 e. The van der Waals surface area contributed by atoms with Gasteiger partial charge in [0.25, 0.3) is 0 Å². The van der Waals surface area contributed by atoms with Crippen molar-refractivity contribution in [2.75, 3.05) is 20.3 Å². The van der Waals surface area contributed by atoms with Gasteiger partial charge in [-0.1, -0.05) is 48.5 Å². The fraction of sp³-hybridized carbons (Fsp3) is 0.333. The Bertz CT molecular complexity index is 577. The first kappa shape index (κ1) is 15.0. The molecule has 4 nitrogen and oxygen atoms in total. The van der Waals surface area contributed by atoms with Gasteiger partial charge in [0.15, 0.2) is 6.29 Å². The maximum absolute atomic E-state index is 5.87. The first-order valence-electron chi connectivity index (χ1n) is 7.38. The predicted octanol–water partition coefficient (Wildman–Crippen LogP) is 3.33. The summed E-state index contributed by atoms with van der Waals surface area (Å²) in [5.74, 6) is 0.835. The molecule has 0 unspecified atom stereocenters. The molecule has 22 heavy (non-hydrogen) atoms. The molecule has 2 aromatic carbocycles. The number of methoxy groups -OCH3 is 1. The Morgan fingerprint density at radius 2 is 1.64 bits per heavy atom. The van der Waals surface area contributed by atoms with Crippen LogP contribution >= 0.6 is 0 Å². The second-order valence-corrected chi connectivity index (χ2v) is 5.15. The van der Waals surface area contributed by atoms with E-state index in [1.54, 1.807) is 7.11 Å². The van der Waals surface area contributed by atoms with E-state index in [4.69, 9.17) is 18.9 Å². The summed E-state index contributed by atoms with van der Waals surface area (Å²) in [6, 6.07) is 17.8. The highest BCUT2D eigenvalue weighted by atomic mass is 16.7. The minimum Gasteiger partial charge on any atom is -0.496 e. The van der Waals surface area contributed by atoms with E-state index in [1.165, 1.54) is 0 Å². The monoisotopic (exact) mass is 300 g/mol. The van der Waals surface area contributed by atoms with Crippen LogP contribution in [0.4, 0.5) is 0 Å². The third kappa shape index (κ3) is 3.65. The van der Waals surface area contributed by atoms with Crippen LogP contribution in [0.5, 0.6) is 5.75 Å². The second-order valence-electron chi connectivity index (χ2n) is 5.15. The summed E-state index contributed by atoms with van der Waals surface area (Å²) in [5, 5.41) is 0. The van der Waals surface area contributed by atoms with E-state index in [1.807, 2.05) is 54.6 Å². The van der Waals surface area contributed by atoms with Gasteiger partial charge in [-0.05, 0) is 6.07 Å². The Morgan fingerprint density at radius 1 is 0.955 bits per heavy atom. The number of hydrogen-bond acceptors (Lipinski definition) is 4. The predicted molar refractivity (Wildman–Crippen MR) is 82.7 cm³/mol. The molecule has 116 valence electrons. The van der Waals surface area contributed by atoms with Gasteiger partial charge in [0, 0.05) is 11.1 Å². The minimum atomic E-state index is -0.299. The summed E-state index contributed by atoms with van der Waals surface area (Å²) >= 11 is 0. The van der Waals surface area contributed by atoms with Crippen molar-refractivity contribution in [3.05, 3.63) is 65.7 Å². The lowest BCUT2D eigenvalue weighted by Gasteiger charge is -2.29. The summed E-state index contributed by atoms with van der Waals surface area (Å²) in [5.41, 5.74) is 2.06. The molecule has 4 heteroatoms. The first-order valence-corrected chi connectivity index (χ1v) is 7.38. The Labute approximate surface area is 130 Å². The molecular formula is C18H20O4. The maximum Gasteiger partial charge on any atom is 0.184 e. The second kappa shape index (κ2) is 7.40. The fourth-order valence-corrected chi connectivity index (χ4v) is 2.41. The first-order chi connectivity index (χ1) is 10.9.